The zero-order chi connectivity index (χ0) is 18.5. The van der Waals surface area contributed by atoms with Crippen molar-refractivity contribution in [2.75, 3.05) is 31.1 Å². The van der Waals surface area contributed by atoms with Gasteiger partial charge in [-0.25, -0.2) is 14.4 Å². The minimum atomic E-state index is -0.314. The van der Waals surface area contributed by atoms with Gasteiger partial charge in [0.2, 0.25) is 6.41 Å². The summed E-state index contributed by atoms with van der Waals surface area (Å²) in [5, 5.41) is 2.78. The highest BCUT2D eigenvalue weighted by atomic mass is 19.1. The number of piperazine rings is 1. The first kappa shape index (κ1) is 17.8. The number of rotatable bonds is 5. The summed E-state index contributed by atoms with van der Waals surface area (Å²) >= 11 is 0. The van der Waals surface area contributed by atoms with Crippen LogP contribution in [-0.2, 0) is 11.3 Å². The largest absolute Gasteiger partial charge is 0.353 e. The molecule has 0 bridgehead atoms. The van der Waals surface area contributed by atoms with Crippen molar-refractivity contribution in [1.82, 2.24) is 20.2 Å². The van der Waals surface area contributed by atoms with Crippen molar-refractivity contribution in [1.29, 1.82) is 0 Å². The number of aromatic nitrogens is 2. The summed E-state index contributed by atoms with van der Waals surface area (Å²) in [6.45, 7) is 4.59. The molecule has 136 valence electrons. The van der Waals surface area contributed by atoms with Gasteiger partial charge >= 0.3 is 0 Å². The molecule has 2 heterocycles. The number of benzene rings is 1. The molecule has 0 spiro atoms. The molecule has 0 atom stereocenters. The van der Waals surface area contributed by atoms with Gasteiger partial charge in [-0.15, -0.1) is 0 Å². The maximum Gasteiger partial charge on any atom is 0.270 e. The second-order valence-electron chi connectivity index (χ2n) is 6.10. The van der Waals surface area contributed by atoms with Crippen molar-refractivity contribution >= 4 is 18.1 Å². The Labute approximate surface area is 150 Å². The summed E-state index contributed by atoms with van der Waals surface area (Å²) in [6.07, 6.45) is 0.844. The fraction of sp³-hybridized carbons (Fsp3) is 0.333. The lowest BCUT2D eigenvalue weighted by Crippen LogP contribution is -2.46. The molecule has 0 aliphatic carbocycles. The van der Waals surface area contributed by atoms with E-state index in [2.05, 4.69) is 15.3 Å². The Hall–Kier alpha value is -3.03. The number of aryl methyl sites for hydroxylation is 1. The maximum atomic E-state index is 12.9. The monoisotopic (exact) mass is 357 g/mol. The zero-order valence-corrected chi connectivity index (χ0v) is 14.5. The van der Waals surface area contributed by atoms with Gasteiger partial charge in [-0.1, -0.05) is 12.1 Å². The number of amides is 2. The quantitative estimate of drug-likeness (QED) is 0.812. The molecule has 1 aromatic heterocycles. The first-order valence-electron chi connectivity index (χ1n) is 8.38. The molecule has 1 aliphatic rings. The molecule has 7 nitrogen and oxygen atoms in total. The lowest BCUT2D eigenvalue weighted by molar-refractivity contribution is -0.118. The summed E-state index contributed by atoms with van der Waals surface area (Å²) in [5.41, 5.74) is 1.09. The van der Waals surface area contributed by atoms with Crippen LogP contribution >= 0.6 is 0 Å². The Bertz CT molecular complexity index is 789. The lowest BCUT2D eigenvalue weighted by Gasteiger charge is -2.33. The Kier molecular flexibility index (Phi) is 5.40. The van der Waals surface area contributed by atoms with Gasteiger partial charge in [0.05, 0.1) is 0 Å². The molecule has 8 heteroatoms. The van der Waals surface area contributed by atoms with Crippen molar-refractivity contribution < 1.29 is 14.0 Å². The third kappa shape index (κ3) is 4.33. The van der Waals surface area contributed by atoms with Crippen LogP contribution in [0.3, 0.4) is 0 Å². The summed E-state index contributed by atoms with van der Waals surface area (Å²) in [6, 6.07) is 7.61. The highest BCUT2D eigenvalue weighted by Gasteiger charge is 2.19. The maximum absolute atomic E-state index is 12.9. The molecular weight excluding hydrogens is 337 g/mol. The summed E-state index contributed by atoms with van der Waals surface area (Å²) in [4.78, 5) is 35.6. The molecule has 26 heavy (non-hydrogen) atoms. The average Bonchev–Trinajstić information content (AvgIpc) is 2.67. The van der Waals surface area contributed by atoms with E-state index in [1.54, 1.807) is 30.0 Å². The van der Waals surface area contributed by atoms with E-state index in [0.29, 0.717) is 37.8 Å². The summed E-state index contributed by atoms with van der Waals surface area (Å²) in [5.74, 6) is 0.556. The second-order valence-corrected chi connectivity index (χ2v) is 6.10. The predicted octanol–water partition coefficient (Wildman–Crippen LogP) is 1.13. The molecule has 0 saturated carbocycles. The molecule has 0 unspecified atom stereocenters. The van der Waals surface area contributed by atoms with Gasteiger partial charge in [0.1, 0.15) is 23.2 Å². The van der Waals surface area contributed by atoms with E-state index in [1.807, 2.05) is 4.90 Å². The molecule has 1 saturated heterocycles. The van der Waals surface area contributed by atoms with E-state index in [1.165, 1.54) is 12.1 Å². The first-order valence-corrected chi connectivity index (χ1v) is 8.38. The highest BCUT2D eigenvalue weighted by molar-refractivity contribution is 5.92. The summed E-state index contributed by atoms with van der Waals surface area (Å²) in [7, 11) is 0. The zero-order valence-electron chi connectivity index (χ0n) is 14.5. The number of hydrogen-bond donors (Lipinski definition) is 1. The van der Waals surface area contributed by atoms with Gasteiger partial charge in [0.15, 0.2) is 0 Å². The number of nitrogens with one attached hydrogen (secondary N) is 1. The Morgan fingerprint density at radius 2 is 1.88 bits per heavy atom. The number of hydrogen-bond acceptors (Lipinski definition) is 5. The average molecular weight is 357 g/mol. The fourth-order valence-electron chi connectivity index (χ4n) is 2.76. The van der Waals surface area contributed by atoms with Crippen LogP contribution in [0, 0.1) is 12.7 Å². The van der Waals surface area contributed by atoms with E-state index >= 15 is 0 Å². The molecule has 2 aromatic rings. The van der Waals surface area contributed by atoms with Crippen LogP contribution in [0.5, 0.6) is 0 Å². The van der Waals surface area contributed by atoms with Crippen molar-refractivity contribution in [3.05, 3.63) is 53.2 Å². The van der Waals surface area contributed by atoms with Crippen molar-refractivity contribution in [2.24, 2.45) is 0 Å². The van der Waals surface area contributed by atoms with Gasteiger partial charge in [0.25, 0.3) is 5.91 Å². The first-order chi connectivity index (χ1) is 12.5. The normalized spacial score (nSPS) is 14.2. The van der Waals surface area contributed by atoms with Gasteiger partial charge in [0, 0.05) is 38.8 Å². The van der Waals surface area contributed by atoms with Crippen molar-refractivity contribution in [3.63, 3.8) is 0 Å². The summed E-state index contributed by atoms with van der Waals surface area (Å²) < 4.78 is 12.9. The number of carbonyl (C=O) groups is 2. The third-order valence-corrected chi connectivity index (χ3v) is 4.21. The number of carbonyl (C=O) groups excluding carboxylic acids is 2. The highest BCUT2D eigenvalue weighted by Crippen LogP contribution is 2.15. The van der Waals surface area contributed by atoms with Crippen LogP contribution in [0.2, 0.25) is 0 Å². The van der Waals surface area contributed by atoms with Crippen LogP contribution in [0.1, 0.15) is 21.9 Å². The fourth-order valence-corrected chi connectivity index (χ4v) is 2.76. The van der Waals surface area contributed by atoms with E-state index in [0.717, 1.165) is 12.0 Å². The van der Waals surface area contributed by atoms with Crippen molar-refractivity contribution in [3.8, 4) is 0 Å². The minimum Gasteiger partial charge on any atom is -0.353 e. The van der Waals surface area contributed by atoms with E-state index in [-0.39, 0.29) is 24.0 Å². The van der Waals surface area contributed by atoms with Crippen LogP contribution in [-0.4, -0.2) is 53.4 Å². The van der Waals surface area contributed by atoms with Crippen LogP contribution < -0.4 is 10.2 Å². The van der Waals surface area contributed by atoms with Crippen LogP contribution in [0.4, 0.5) is 10.2 Å². The SMILES string of the molecule is Cc1nc(C(=O)NCc2ccc(F)cc2)cc(N2CCN(C=O)CC2)n1. The molecule has 1 aliphatic heterocycles. The smallest absolute Gasteiger partial charge is 0.270 e. The van der Waals surface area contributed by atoms with Crippen LogP contribution in [0.25, 0.3) is 0 Å². The van der Waals surface area contributed by atoms with Gasteiger partial charge in [-0.2, -0.15) is 0 Å². The standard InChI is InChI=1S/C18H20FN5O2/c1-13-21-16(18(26)20-11-14-2-4-15(19)5-3-14)10-17(22-13)24-8-6-23(12-25)7-9-24/h2-5,10,12H,6-9,11H2,1H3,(H,20,26). The number of nitrogens with zero attached hydrogens (tertiary/aromatic N) is 4. The third-order valence-electron chi connectivity index (χ3n) is 4.21. The Morgan fingerprint density at radius 1 is 1.19 bits per heavy atom. The number of halogens is 1. The molecule has 0 radical (unpaired) electrons. The molecule has 1 fully saturated rings. The Morgan fingerprint density at radius 3 is 2.54 bits per heavy atom. The molecule has 1 aromatic carbocycles. The molecule has 2 amide bonds. The molecule has 3 rings (SSSR count). The predicted molar refractivity (Wildman–Crippen MR) is 94.2 cm³/mol. The second kappa shape index (κ2) is 7.90. The van der Waals surface area contributed by atoms with E-state index in [4.69, 9.17) is 0 Å². The minimum absolute atomic E-state index is 0.285. The van der Waals surface area contributed by atoms with Crippen molar-refractivity contribution in [2.45, 2.75) is 13.5 Å². The van der Waals surface area contributed by atoms with Crippen LogP contribution in [0.15, 0.2) is 30.3 Å². The Balaban J connectivity index is 1.67. The number of anilines is 1. The van der Waals surface area contributed by atoms with Gasteiger partial charge < -0.3 is 15.1 Å². The molecule has 1 N–H and O–H groups in total. The van der Waals surface area contributed by atoms with E-state index in [9.17, 15) is 14.0 Å². The van der Waals surface area contributed by atoms with E-state index < -0.39 is 0 Å². The van der Waals surface area contributed by atoms with Gasteiger partial charge in [-0.3, -0.25) is 9.59 Å². The molecular formula is C18H20FN5O2. The topological polar surface area (TPSA) is 78.4 Å². The van der Waals surface area contributed by atoms with Gasteiger partial charge in [-0.05, 0) is 24.6 Å². The lowest BCUT2D eigenvalue weighted by atomic mass is 10.2.